The van der Waals surface area contributed by atoms with Gasteiger partial charge in [-0.2, -0.15) is 13.2 Å². The normalized spacial score (nSPS) is 29.8. The topological polar surface area (TPSA) is 43.8 Å². The van der Waals surface area contributed by atoms with E-state index < -0.39 is 18.8 Å². The number of rotatable bonds is 2. The average molecular weight is 280 g/mol. The van der Waals surface area contributed by atoms with Gasteiger partial charge in [-0.1, -0.05) is 0 Å². The molecule has 4 nitrogen and oxygen atoms in total. The number of piperidine rings is 1. The predicted molar refractivity (Wildman–Crippen MR) is 62.4 cm³/mol. The van der Waals surface area contributed by atoms with E-state index in [2.05, 4.69) is 0 Å². The zero-order valence-corrected chi connectivity index (χ0v) is 10.7. The highest BCUT2D eigenvalue weighted by Crippen LogP contribution is 2.24. The van der Waals surface area contributed by atoms with E-state index in [1.54, 1.807) is 4.90 Å². The van der Waals surface area contributed by atoms with Crippen LogP contribution in [0.5, 0.6) is 0 Å². The second-order valence-electron chi connectivity index (χ2n) is 5.42. The van der Waals surface area contributed by atoms with Crippen LogP contribution < -0.4 is 0 Å². The van der Waals surface area contributed by atoms with Crippen LogP contribution in [0.2, 0.25) is 0 Å². The molecule has 0 aliphatic carbocycles. The number of nitrogens with zero attached hydrogens (tertiary/aromatic N) is 2. The molecule has 2 saturated heterocycles. The molecule has 0 saturated carbocycles. The Morgan fingerprint density at radius 2 is 1.95 bits per heavy atom. The third kappa shape index (κ3) is 4.07. The number of carbonyl (C=O) groups excluding carboxylic acids is 1. The lowest BCUT2D eigenvalue weighted by atomic mass is 9.96. The number of amides is 1. The van der Waals surface area contributed by atoms with Crippen molar-refractivity contribution >= 4 is 5.91 Å². The van der Waals surface area contributed by atoms with E-state index in [1.807, 2.05) is 0 Å². The number of alkyl halides is 3. The Kier molecular flexibility index (Phi) is 4.35. The highest BCUT2D eigenvalue weighted by atomic mass is 19.4. The first-order chi connectivity index (χ1) is 8.85. The Balaban J connectivity index is 1.88. The van der Waals surface area contributed by atoms with Crippen LogP contribution >= 0.6 is 0 Å². The fourth-order valence-electron chi connectivity index (χ4n) is 2.85. The molecule has 2 aliphatic rings. The van der Waals surface area contributed by atoms with E-state index in [0.717, 1.165) is 0 Å². The van der Waals surface area contributed by atoms with E-state index in [-0.39, 0.29) is 18.4 Å². The Bertz CT molecular complexity index is 335. The maximum Gasteiger partial charge on any atom is 0.401 e. The molecule has 0 radical (unpaired) electrons. The fraction of sp³-hybridized carbons (Fsp3) is 0.917. The lowest BCUT2D eigenvalue weighted by molar-refractivity contribution is -0.154. The summed E-state index contributed by atoms with van der Waals surface area (Å²) in [5.41, 5.74) is 0. The minimum atomic E-state index is -4.21. The van der Waals surface area contributed by atoms with Crippen LogP contribution in [0.1, 0.15) is 19.3 Å². The van der Waals surface area contributed by atoms with Crippen LogP contribution in [0, 0.1) is 5.92 Å². The van der Waals surface area contributed by atoms with Crippen molar-refractivity contribution in [3.63, 3.8) is 0 Å². The molecule has 0 aromatic heterocycles. The maximum absolute atomic E-state index is 12.4. The standard InChI is InChI=1S/C12H19F3N2O2/c13-12(14,15)8-16-4-1-2-9(6-16)11(19)17-5-3-10(18)7-17/h9-10,18H,1-8H2/t9?,10-/m0/s1. The zero-order valence-electron chi connectivity index (χ0n) is 10.7. The maximum atomic E-state index is 12.4. The average Bonchev–Trinajstić information content (AvgIpc) is 2.73. The summed E-state index contributed by atoms with van der Waals surface area (Å²) in [6, 6.07) is 0. The molecule has 2 fully saturated rings. The number of likely N-dealkylation sites (tertiary alicyclic amines) is 2. The molecule has 2 aliphatic heterocycles. The number of carbonyl (C=O) groups is 1. The van der Waals surface area contributed by atoms with Crippen LogP contribution in [0.4, 0.5) is 13.2 Å². The molecule has 2 atom stereocenters. The highest BCUT2D eigenvalue weighted by Gasteiger charge is 2.36. The van der Waals surface area contributed by atoms with Gasteiger partial charge in [0.1, 0.15) is 0 Å². The molecule has 1 amide bonds. The molecule has 0 spiro atoms. The Morgan fingerprint density at radius 3 is 2.53 bits per heavy atom. The van der Waals surface area contributed by atoms with Crippen LogP contribution in [0.3, 0.4) is 0 Å². The monoisotopic (exact) mass is 280 g/mol. The summed E-state index contributed by atoms with van der Waals surface area (Å²) in [4.78, 5) is 15.0. The molecule has 2 rings (SSSR count). The van der Waals surface area contributed by atoms with E-state index in [1.165, 1.54) is 4.90 Å². The predicted octanol–water partition coefficient (Wildman–Crippen LogP) is 0.854. The number of hydrogen-bond acceptors (Lipinski definition) is 3. The van der Waals surface area contributed by atoms with Gasteiger partial charge in [0.2, 0.25) is 5.91 Å². The van der Waals surface area contributed by atoms with Crippen molar-refractivity contribution in [2.45, 2.75) is 31.5 Å². The van der Waals surface area contributed by atoms with Crippen molar-refractivity contribution in [2.24, 2.45) is 5.92 Å². The SMILES string of the molecule is O=C(C1CCCN(CC(F)(F)F)C1)N1CC[C@H](O)C1. The number of hydrogen-bond donors (Lipinski definition) is 1. The first kappa shape index (κ1) is 14.6. The number of β-amino-alcohol motifs (C(OH)–C–C–N with tert-alkyl or cyclic N) is 1. The Hall–Kier alpha value is -0.820. The van der Waals surface area contributed by atoms with Crippen LogP contribution in [-0.4, -0.2) is 65.8 Å². The van der Waals surface area contributed by atoms with E-state index in [9.17, 15) is 23.1 Å². The van der Waals surface area contributed by atoms with Gasteiger partial charge >= 0.3 is 6.18 Å². The molecular formula is C12H19F3N2O2. The number of aliphatic hydroxyl groups is 1. The number of halogens is 3. The summed E-state index contributed by atoms with van der Waals surface area (Å²) < 4.78 is 37.1. The summed E-state index contributed by atoms with van der Waals surface area (Å²) in [7, 11) is 0. The van der Waals surface area contributed by atoms with Gasteiger partial charge < -0.3 is 10.0 Å². The van der Waals surface area contributed by atoms with Gasteiger partial charge in [-0.05, 0) is 25.8 Å². The second-order valence-corrected chi connectivity index (χ2v) is 5.42. The zero-order chi connectivity index (χ0) is 14.0. The third-order valence-electron chi connectivity index (χ3n) is 3.73. The van der Waals surface area contributed by atoms with Crippen molar-refractivity contribution in [1.82, 2.24) is 9.80 Å². The minimum Gasteiger partial charge on any atom is -0.391 e. The van der Waals surface area contributed by atoms with E-state index in [0.29, 0.717) is 38.9 Å². The second kappa shape index (κ2) is 5.66. The van der Waals surface area contributed by atoms with Gasteiger partial charge in [0.25, 0.3) is 0 Å². The molecule has 7 heteroatoms. The lowest BCUT2D eigenvalue weighted by Crippen LogP contribution is -2.46. The summed E-state index contributed by atoms with van der Waals surface area (Å²) in [5, 5.41) is 9.40. The summed E-state index contributed by atoms with van der Waals surface area (Å²) in [5.74, 6) is -0.468. The van der Waals surface area contributed by atoms with Gasteiger partial charge in [-0.25, -0.2) is 0 Å². The van der Waals surface area contributed by atoms with Gasteiger partial charge in [0, 0.05) is 19.6 Å². The Morgan fingerprint density at radius 1 is 1.21 bits per heavy atom. The van der Waals surface area contributed by atoms with Crippen LogP contribution in [0.15, 0.2) is 0 Å². The molecule has 2 heterocycles. The van der Waals surface area contributed by atoms with Crippen molar-refractivity contribution in [3.05, 3.63) is 0 Å². The molecule has 1 N–H and O–H groups in total. The first-order valence-electron chi connectivity index (χ1n) is 6.61. The van der Waals surface area contributed by atoms with Gasteiger partial charge in [0.15, 0.2) is 0 Å². The van der Waals surface area contributed by atoms with Crippen molar-refractivity contribution in [2.75, 3.05) is 32.7 Å². The largest absolute Gasteiger partial charge is 0.401 e. The molecule has 0 bridgehead atoms. The van der Waals surface area contributed by atoms with E-state index >= 15 is 0 Å². The smallest absolute Gasteiger partial charge is 0.391 e. The van der Waals surface area contributed by atoms with Crippen LogP contribution in [-0.2, 0) is 4.79 Å². The molecule has 1 unspecified atom stereocenters. The van der Waals surface area contributed by atoms with Gasteiger partial charge in [-0.15, -0.1) is 0 Å². The molecule has 110 valence electrons. The quantitative estimate of drug-likeness (QED) is 0.815. The molecular weight excluding hydrogens is 261 g/mol. The molecule has 19 heavy (non-hydrogen) atoms. The summed E-state index contributed by atoms with van der Waals surface area (Å²) >= 11 is 0. The summed E-state index contributed by atoms with van der Waals surface area (Å²) in [6.07, 6.45) is -2.89. The van der Waals surface area contributed by atoms with Crippen LogP contribution in [0.25, 0.3) is 0 Å². The Labute approximate surface area is 110 Å². The summed E-state index contributed by atoms with van der Waals surface area (Å²) in [6.45, 7) is 0.445. The van der Waals surface area contributed by atoms with Gasteiger partial charge in [0.05, 0.1) is 18.6 Å². The van der Waals surface area contributed by atoms with Crippen molar-refractivity contribution in [3.8, 4) is 0 Å². The third-order valence-corrected chi connectivity index (χ3v) is 3.73. The number of aliphatic hydroxyl groups excluding tert-OH is 1. The molecule has 0 aromatic carbocycles. The molecule has 0 aromatic rings. The van der Waals surface area contributed by atoms with Crippen molar-refractivity contribution in [1.29, 1.82) is 0 Å². The lowest BCUT2D eigenvalue weighted by Gasteiger charge is -2.34. The fourth-order valence-corrected chi connectivity index (χ4v) is 2.85. The minimum absolute atomic E-state index is 0.108. The van der Waals surface area contributed by atoms with Gasteiger partial charge in [-0.3, -0.25) is 9.69 Å². The van der Waals surface area contributed by atoms with E-state index in [4.69, 9.17) is 0 Å². The first-order valence-corrected chi connectivity index (χ1v) is 6.61. The highest BCUT2D eigenvalue weighted by molar-refractivity contribution is 5.79. The van der Waals surface area contributed by atoms with Crippen molar-refractivity contribution < 1.29 is 23.1 Å².